The van der Waals surface area contributed by atoms with E-state index in [1.165, 1.54) is 13.3 Å². The molecular weight excluding hydrogens is 120 g/mol. The maximum atomic E-state index is 10.3. The topological polar surface area (TPSA) is 64.7 Å². The van der Waals surface area contributed by atoms with Crippen molar-refractivity contribution >= 4 is 12.1 Å². The first-order valence-electron chi connectivity index (χ1n) is 2.54. The smallest absolute Gasteiger partial charge is 0.225 e. The summed E-state index contributed by atoms with van der Waals surface area (Å²) < 4.78 is 0. The second-order valence-corrected chi connectivity index (χ2v) is 1.63. The van der Waals surface area contributed by atoms with E-state index in [2.05, 4.69) is 9.99 Å². The van der Waals surface area contributed by atoms with Crippen LogP contribution < -0.4 is 5.73 Å². The molecule has 1 amide bonds. The van der Waals surface area contributed by atoms with Gasteiger partial charge in [-0.1, -0.05) is 5.16 Å². The highest BCUT2D eigenvalue weighted by molar-refractivity contribution is 5.91. The molecule has 1 unspecified atom stereocenters. The van der Waals surface area contributed by atoms with Crippen molar-refractivity contribution in [3.63, 3.8) is 0 Å². The van der Waals surface area contributed by atoms with Crippen molar-refractivity contribution in [3.05, 3.63) is 0 Å². The fourth-order valence-corrected chi connectivity index (χ4v) is 0.226. The van der Waals surface area contributed by atoms with Gasteiger partial charge in [0.15, 0.2) is 0 Å². The van der Waals surface area contributed by atoms with Crippen molar-refractivity contribution in [1.82, 2.24) is 0 Å². The van der Waals surface area contributed by atoms with Crippen molar-refractivity contribution < 1.29 is 9.63 Å². The van der Waals surface area contributed by atoms with Gasteiger partial charge in [0.2, 0.25) is 5.91 Å². The van der Waals surface area contributed by atoms with Crippen LogP contribution in [0.25, 0.3) is 0 Å². The highest BCUT2D eigenvalue weighted by Gasteiger charge is 2.03. The molecule has 4 heteroatoms. The van der Waals surface area contributed by atoms with Gasteiger partial charge in [-0.05, 0) is 6.92 Å². The minimum Gasteiger partial charge on any atom is -0.399 e. The van der Waals surface area contributed by atoms with Crippen molar-refractivity contribution in [2.45, 2.75) is 6.92 Å². The van der Waals surface area contributed by atoms with Crippen LogP contribution >= 0.6 is 0 Å². The molecule has 0 rings (SSSR count). The van der Waals surface area contributed by atoms with Crippen LogP contribution in [0.3, 0.4) is 0 Å². The molecule has 0 spiro atoms. The Hall–Kier alpha value is -1.06. The third kappa shape index (κ3) is 3.52. The number of oxime groups is 1. The second kappa shape index (κ2) is 3.88. The van der Waals surface area contributed by atoms with E-state index in [0.717, 1.165) is 0 Å². The Kier molecular flexibility index (Phi) is 3.43. The van der Waals surface area contributed by atoms with Crippen molar-refractivity contribution in [2.75, 3.05) is 7.11 Å². The summed E-state index contributed by atoms with van der Waals surface area (Å²) in [6, 6.07) is 0. The van der Waals surface area contributed by atoms with Crippen molar-refractivity contribution in [1.29, 1.82) is 0 Å². The number of primary amides is 1. The summed E-state index contributed by atoms with van der Waals surface area (Å²) in [5, 5.41) is 3.37. The second-order valence-electron chi connectivity index (χ2n) is 1.63. The Balaban J connectivity index is 3.62. The third-order valence-corrected chi connectivity index (χ3v) is 0.839. The van der Waals surface area contributed by atoms with Crippen LogP contribution in [-0.2, 0) is 9.63 Å². The lowest BCUT2D eigenvalue weighted by atomic mass is 10.2. The van der Waals surface area contributed by atoms with Crippen molar-refractivity contribution in [3.8, 4) is 0 Å². The van der Waals surface area contributed by atoms with Gasteiger partial charge in [0.1, 0.15) is 7.11 Å². The van der Waals surface area contributed by atoms with E-state index in [9.17, 15) is 4.79 Å². The van der Waals surface area contributed by atoms with Crippen LogP contribution in [0.2, 0.25) is 0 Å². The molecule has 0 saturated carbocycles. The molecule has 0 aliphatic rings. The molecule has 0 heterocycles. The Morgan fingerprint density at radius 2 is 2.44 bits per heavy atom. The quantitative estimate of drug-likeness (QED) is 0.422. The number of amides is 1. The number of carbonyl (C=O) groups excluding carboxylic acids is 1. The van der Waals surface area contributed by atoms with Gasteiger partial charge in [0.25, 0.3) is 0 Å². The number of hydrogen-bond donors (Lipinski definition) is 1. The number of nitrogens with two attached hydrogens (primary N) is 1. The van der Waals surface area contributed by atoms with E-state index in [1.807, 2.05) is 0 Å². The fraction of sp³-hybridized carbons (Fsp3) is 0.600. The molecule has 52 valence electrons. The predicted molar refractivity (Wildman–Crippen MR) is 33.9 cm³/mol. The summed E-state index contributed by atoms with van der Waals surface area (Å²) in [5.74, 6) is -0.763. The zero-order chi connectivity index (χ0) is 7.28. The van der Waals surface area contributed by atoms with Gasteiger partial charge in [0.05, 0.1) is 12.1 Å². The first-order valence-corrected chi connectivity index (χ1v) is 2.54. The van der Waals surface area contributed by atoms with Gasteiger partial charge in [-0.2, -0.15) is 0 Å². The van der Waals surface area contributed by atoms with Gasteiger partial charge < -0.3 is 10.6 Å². The number of rotatable bonds is 3. The fourth-order valence-electron chi connectivity index (χ4n) is 0.226. The lowest BCUT2D eigenvalue weighted by molar-refractivity contribution is -0.119. The summed E-state index contributed by atoms with van der Waals surface area (Å²) in [6.45, 7) is 1.64. The van der Waals surface area contributed by atoms with Crippen LogP contribution in [-0.4, -0.2) is 19.2 Å². The van der Waals surface area contributed by atoms with Gasteiger partial charge in [-0.15, -0.1) is 0 Å². The number of hydrogen-bond acceptors (Lipinski definition) is 3. The summed E-state index contributed by atoms with van der Waals surface area (Å²) in [7, 11) is 1.41. The Morgan fingerprint density at radius 1 is 1.89 bits per heavy atom. The Labute approximate surface area is 53.7 Å². The molecule has 0 aliphatic carbocycles. The molecule has 0 saturated heterocycles. The van der Waals surface area contributed by atoms with E-state index < -0.39 is 5.91 Å². The normalized spacial score (nSPS) is 13.6. The molecule has 0 fully saturated rings. The van der Waals surface area contributed by atoms with Gasteiger partial charge in [-0.3, -0.25) is 4.79 Å². The zero-order valence-corrected chi connectivity index (χ0v) is 5.50. The monoisotopic (exact) mass is 130 g/mol. The molecule has 0 aromatic carbocycles. The number of carbonyl (C=O) groups is 1. The van der Waals surface area contributed by atoms with Crippen LogP contribution in [0.15, 0.2) is 5.16 Å². The van der Waals surface area contributed by atoms with E-state index in [1.54, 1.807) is 6.92 Å². The molecular formula is C5H10N2O2. The molecule has 4 nitrogen and oxygen atoms in total. The van der Waals surface area contributed by atoms with E-state index >= 15 is 0 Å². The highest BCUT2D eigenvalue weighted by Crippen LogP contribution is 1.86. The number of nitrogens with zero attached hydrogens (tertiary/aromatic N) is 1. The molecule has 0 bridgehead atoms. The van der Waals surface area contributed by atoms with E-state index in [0.29, 0.717) is 0 Å². The third-order valence-electron chi connectivity index (χ3n) is 0.839. The maximum Gasteiger partial charge on any atom is 0.225 e. The van der Waals surface area contributed by atoms with Crippen LogP contribution in [0.5, 0.6) is 0 Å². The molecule has 0 aromatic heterocycles. The van der Waals surface area contributed by atoms with Crippen LogP contribution in [0.1, 0.15) is 6.92 Å². The Bertz CT molecular complexity index is 122. The van der Waals surface area contributed by atoms with Gasteiger partial charge in [0, 0.05) is 0 Å². The summed E-state index contributed by atoms with van der Waals surface area (Å²) in [4.78, 5) is 14.6. The molecule has 0 radical (unpaired) electrons. The van der Waals surface area contributed by atoms with Crippen LogP contribution in [0, 0.1) is 5.92 Å². The summed E-state index contributed by atoms with van der Waals surface area (Å²) >= 11 is 0. The minimum atomic E-state index is -0.407. The molecule has 1 atom stereocenters. The maximum absolute atomic E-state index is 10.3. The van der Waals surface area contributed by atoms with Gasteiger partial charge in [-0.25, -0.2) is 0 Å². The molecule has 0 aliphatic heterocycles. The SMILES string of the molecule is CO/N=C\C(C)C(N)=O. The zero-order valence-electron chi connectivity index (χ0n) is 5.50. The first kappa shape index (κ1) is 7.94. The lowest BCUT2D eigenvalue weighted by Gasteiger charge is -1.95. The minimum absolute atomic E-state index is 0.357. The van der Waals surface area contributed by atoms with Crippen molar-refractivity contribution in [2.24, 2.45) is 16.8 Å². The van der Waals surface area contributed by atoms with Crippen LogP contribution in [0.4, 0.5) is 0 Å². The molecule has 9 heavy (non-hydrogen) atoms. The summed E-state index contributed by atoms with van der Waals surface area (Å²) in [5.41, 5.74) is 4.89. The average Bonchev–Trinajstić information content (AvgIpc) is 1.82. The largest absolute Gasteiger partial charge is 0.399 e. The standard InChI is InChI=1S/C5H10N2O2/c1-4(5(6)8)3-7-9-2/h3-4H,1-2H3,(H2,6,8)/b7-3-. The molecule has 0 aromatic rings. The lowest BCUT2D eigenvalue weighted by Crippen LogP contribution is -2.21. The van der Waals surface area contributed by atoms with E-state index in [4.69, 9.17) is 5.73 Å². The molecule has 2 N–H and O–H groups in total. The average molecular weight is 130 g/mol. The Morgan fingerprint density at radius 3 is 2.78 bits per heavy atom. The van der Waals surface area contributed by atoms with E-state index in [-0.39, 0.29) is 5.92 Å². The predicted octanol–water partition coefficient (Wildman–Crippen LogP) is -0.260. The highest BCUT2D eigenvalue weighted by atomic mass is 16.6. The summed E-state index contributed by atoms with van der Waals surface area (Å²) in [6.07, 6.45) is 1.35. The first-order chi connectivity index (χ1) is 4.18. The van der Waals surface area contributed by atoms with Gasteiger partial charge >= 0.3 is 0 Å².